The average molecular weight is 192 g/mol. The van der Waals surface area contributed by atoms with Crippen LogP contribution in [0.3, 0.4) is 0 Å². The molecule has 12 heavy (non-hydrogen) atoms. The van der Waals surface area contributed by atoms with Crippen LogP contribution in [0.25, 0.3) is 0 Å². The minimum absolute atomic E-state index is 0.0366. The number of ether oxygens (including phenoxy) is 3. The van der Waals surface area contributed by atoms with E-state index >= 15 is 0 Å². The molecule has 0 bridgehead atoms. The predicted molar refractivity (Wildman–Crippen MR) is 49.5 cm³/mol. The van der Waals surface area contributed by atoms with Crippen molar-refractivity contribution in [2.45, 2.75) is 37.1 Å². The van der Waals surface area contributed by atoms with Crippen molar-refractivity contribution in [3.8, 4) is 0 Å². The van der Waals surface area contributed by atoms with Crippen LogP contribution >= 0.6 is 12.6 Å². The van der Waals surface area contributed by atoms with Gasteiger partial charge >= 0.3 is 0 Å². The SMILES string of the molecule is CO[C@@H]1C[C@@H](OC)[C@H](S)O[C@H]1C. The van der Waals surface area contributed by atoms with Crippen LogP contribution in [0.1, 0.15) is 13.3 Å². The smallest absolute Gasteiger partial charge is 0.127 e. The number of thiol groups is 1. The van der Waals surface area contributed by atoms with E-state index < -0.39 is 0 Å². The molecule has 0 N–H and O–H groups in total. The van der Waals surface area contributed by atoms with Crippen LogP contribution in [0.15, 0.2) is 0 Å². The molecule has 1 saturated heterocycles. The van der Waals surface area contributed by atoms with E-state index in [0.29, 0.717) is 0 Å². The summed E-state index contributed by atoms with van der Waals surface area (Å²) in [4.78, 5) is 0. The van der Waals surface area contributed by atoms with Gasteiger partial charge in [-0.05, 0) is 6.92 Å². The Bertz CT molecular complexity index is 128. The molecule has 1 heterocycles. The third kappa shape index (κ3) is 2.13. The minimum Gasteiger partial charge on any atom is -0.379 e. The summed E-state index contributed by atoms with van der Waals surface area (Å²) in [7, 11) is 3.36. The van der Waals surface area contributed by atoms with Gasteiger partial charge in [0.25, 0.3) is 0 Å². The summed E-state index contributed by atoms with van der Waals surface area (Å²) in [5.41, 5.74) is -0.128. The maximum Gasteiger partial charge on any atom is 0.127 e. The number of methoxy groups -OCH3 is 2. The molecule has 0 spiro atoms. The molecule has 0 aromatic heterocycles. The highest BCUT2D eigenvalue weighted by molar-refractivity contribution is 7.80. The fourth-order valence-electron chi connectivity index (χ4n) is 1.43. The van der Waals surface area contributed by atoms with Crippen molar-refractivity contribution >= 4 is 12.6 Å². The lowest BCUT2D eigenvalue weighted by Crippen LogP contribution is -2.45. The molecule has 72 valence electrons. The van der Waals surface area contributed by atoms with Crippen molar-refractivity contribution in [1.29, 1.82) is 0 Å². The zero-order valence-corrected chi connectivity index (χ0v) is 8.58. The molecule has 3 nitrogen and oxygen atoms in total. The fourth-order valence-corrected chi connectivity index (χ4v) is 1.87. The van der Waals surface area contributed by atoms with Crippen LogP contribution in [0, 0.1) is 0 Å². The number of hydrogen-bond acceptors (Lipinski definition) is 4. The lowest BCUT2D eigenvalue weighted by molar-refractivity contribution is -0.148. The van der Waals surface area contributed by atoms with E-state index in [1.54, 1.807) is 14.2 Å². The Morgan fingerprint density at radius 1 is 1.25 bits per heavy atom. The summed E-state index contributed by atoms with van der Waals surface area (Å²) < 4.78 is 16.0. The summed E-state index contributed by atoms with van der Waals surface area (Å²) >= 11 is 4.27. The van der Waals surface area contributed by atoms with Crippen molar-refractivity contribution in [2.75, 3.05) is 14.2 Å². The molecular weight excluding hydrogens is 176 g/mol. The monoisotopic (exact) mass is 192 g/mol. The summed E-state index contributed by atoms with van der Waals surface area (Å²) in [5.74, 6) is 0. The van der Waals surface area contributed by atoms with E-state index in [-0.39, 0.29) is 23.7 Å². The number of hydrogen-bond donors (Lipinski definition) is 1. The van der Waals surface area contributed by atoms with Gasteiger partial charge in [-0.1, -0.05) is 0 Å². The second-order valence-electron chi connectivity index (χ2n) is 3.02. The third-order valence-corrected chi connectivity index (χ3v) is 2.72. The van der Waals surface area contributed by atoms with Crippen molar-refractivity contribution < 1.29 is 14.2 Å². The highest BCUT2D eigenvalue weighted by Crippen LogP contribution is 2.25. The predicted octanol–water partition coefficient (Wildman–Crippen LogP) is 1.08. The van der Waals surface area contributed by atoms with Crippen LogP contribution < -0.4 is 0 Å². The van der Waals surface area contributed by atoms with Crippen molar-refractivity contribution in [1.82, 2.24) is 0 Å². The van der Waals surface area contributed by atoms with Crippen molar-refractivity contribution in [3.05, 3.63) is 0 Å². The van der Waals surface area contributed by atoms with Crippen LogP contribution in [-0.4, -0.2) is 38.0 Å². The normalized spacial score (nSPS) is 43.0. The zero-order chi connectivity index (χ0) is 9.14. The second kappa shape index (κ2) is 4.46. The summed E-state index contributed by atoms with van der Waals surface area (Å²) in [6, 6.07) is 0. The minimum atomic E-state index is -0.128. The highest BCUT2D eigenvalue weighted by Gasteiger charge is 2.34. The van der Waals surface area contributed by atoms with Crippen molar-refractivity contribution in [3.63, 3.8) is 0 Å². The van der Waals surface area contributed by atoms with Crippen LogP contribution in [0.2, 0.25) is 0 Å². The highest BCUT2D eigenvalue weighted by atomic mass is 32.1. The molecule has 1 rings (SSSR count). The largest absolute Gasteiger partial charge is 0.379 e. The molecular formula is C8H16O3S. The summed E-state index contributed by atoms with van der Waals surface area (Å²) in [6.07, 6.45) is 1.11. The van der Waals surface area contributed by atoms with Gasteiger partial charge in [0.05, 0.1) is 18.3 Å². The molecule has 0 aromatic carbocycles. The Morgan fingerprint density at radius 2 is 1.83 bits per heavy atom. The van der Waals surface area contributed by atoms with Gasteiger partial charge in [-0.3, -0.25) is 0 Å². The van der Waals surface area contributed by atoms with Crippen LogP contribution in [-0.2, 0) is 14.2 Å². The van der Waals surface area contributed by atoms with Crippen molar-refractivity contribution in [2.24, 2.45) is 0 Å². The van der Waals surface area contributed by atoms with E-state index in [9.17, 15) is 0 Å². The first-order valence-electron chi connectivity index (χ1n) is 4.08. The quantitative estimate of drug-likeness (QED) is 0.663. The van der Waals surface area contributed by atoms with Gasteiger partial charge in [0.1, 0.15) is 5.44 Å². The maximum absolute atomic E-state index is 5.51. The van der Waals surface area contributed by atoms with E-state index in [4.69, 9.17) is 14.2 Å². The Morgan fingerprint density at radius 3 is 2.33 bits per heavy atom. The summed E-state index contributed by atoms with van der Waals surface area (Å²) in [5, 5.41) is 0. The lowest BCUT2D eigenvalue weighted by Gasteiger charge is -2.36. The Balaban J connectivity index is 2.50. The zero-order valence-electron chi connectivity index (χ0n) is 7.69. The molecule has 0 unspecified atom stereocenters. The molecule has 1 fully saturated rings. The Hall–Kier alpha value is 0.230. The van der Waals surface area contributed by atoms with Gasteiger partial charge in [0, 0.05) is 20.6 Å². The molecule has 1 aliphatic rings. The van der Waals surface area contributed by atoms with Gasteiger partial charge in [0.15, 0.2) is 0 Å². The van der Waals surface area contributed by atoms with E-state index in [1.165, 1.54) is 0 Å². The number of rotatable bonds is 2. The molecule has 0 amide bonds. The third-order valence-electron chi connectivity index (χ3n) is 2.27. The molecule has 0 saturated carbocycles. The van der Waals surface area contributed by atoms with Gasteiger partial charge in [0.2, 0.25) is 0 Å². The lowest BCUT2D eigenvalue weighted by atomic mass is 10.0. The topological polar surface area (TPSA) is 27.7 Å². The first kappa shape index (κ1) is 10.3. The second-order valence-corrected chi connectivity index (χ2v) is 3.52. The van der Waals surface area contributed by atoms with Gasteiger partial charge < -0.3 is 14.2 Å². The van der Waals surface area contributed by atoms with E-state index in [2.05, 4.69) is 12.6 Å². The van der Waals surface area contributed by atoms with Gasteiger partial charge in [-0.2, -0.15) is 0 Å². The standard InChI is InChI=1S/C8H16O3S/c1-5-6(9-2)4-7(10-3)8(12)11-5/h5-8,12H,4H2,1-3H3/t5-,6+,7+,8-/m0/s1. The maximum atomic E-state index is 5.51. The fraction of sp³-hybridized carbons (Fsp3) is 1.00. The van der Waals surface area contributed by atoms with E-state index in [0.717, 1.165) is 6.42 Å². The molecule has 0 aromatic rings. The van der Waals surface area contributed by atoms with E-state index in [1.807, 2.05) is 6.92 Å². The molecule has 1 aliphatic heterocycles. The van der Waals surface area contributed by atoms with Gasteiger partial charge in [-0.15, -0.1) is 12.6 Å². The first-order valence-corrected chi connectivity index (χ1v) is 4.59. The Labute approximate surface area is 78.8 Å². The molecule has 4 atom stereocenters. The molecule has 4 heteroatoms. The molecule has 0 aliphatic carbocycles. The van der Waals surface area contributed by atoms with Crippen LogP contribution in [0.4, 0.5) is 0 Å². The summed E-state index contributed by atoms with van der Waals surface area (Å²) in [6.45, 7) is 1.99. The average Bonchev–Trinajstić information content (AvgIpc) is 2.05. The Kier molecular flexibility index (Phi) is 3.83. The van der Waals surface area contributed by atoms with Crippen LogP contribution in [0.5, 0.6) is 0 Å². The van der Waals surface area contributed by atoms with Gasteiger partial charge in [-0.25, -0.2) is 0 Å². The first-order chi connectivity index (χ1) is 5.69. The molecule has 0 radical (unpaired) electrons.